The summed E-state index contributed by atoms with van der Waals surface area (Å²) in [6.07, 6.45) is 0. The molecule has 0 amide bonds. The topological polar surface area (TPSA) is 40.6 Å². The summed E-state index contributed by atoms with van der Waals surface area (Å²) in [6, 6.07) is 0.608. The highest BCUT2D eigenvalue weighted by atomic mass is 32.1. The van der Waals surface area contributed by atoms with Crippen molar-refractivity contribution in [1.29, 1.82) is 0 Å². The van der Waals surface area contributed by atoms with Crippen molar-refractivity contribution in [2.75, 3.05) is 45.7 Å². The first kappa shape index (κ1) is 16.7. The Morgan fingerprint density at radius 3 is 2.76 bits per heavy atom. The number of nitrogens with zero attached hydrogens (tertiary/aromatic N) is 3. The van der Waals surface area contributed by atoms with Crippen LogP contribution in [0.25, 0.3) is 0 Å². The summed E-state index contributed by atoms with van der Waals surface area (Å²) < 4.78 is 5.29. The fourth-order valence-corrected chi connectivity index (χ4v) is 3.96. The molecule has 0 spiro atoms. The number of thiazole rings is 1. The molecule has 0 bridgehead atoms. The van der Waals surface area contributed by atoms with Crippen molar-refractivity contribution < 1.29 is 4.74 Å². The van der Waals surface area contributed by atoms with Crippen LogP contribution in [0.2, 0.25) is 0 Å². The fraction of sp³-hybridized carbons (Fsp3) is 0.800. The maximum Gasteiger partial charge on any atom is 0.185 e. The van der Waals surface area contributed by atoms with E-state index in [-0.39, 0.29) is 0 Å². The van der Waals surface area contributed by atoms with Gasteiger partial charge in [-0.05, 0) is 26.6 Å². The summed E-state index contributed by atoms with van der Waals surface area (Å²) in [7, 11) is 6.06. The van der Waals surface area contributed by atoms with Gasteiger partial charge in [-0.2, -0.15) is 0 Å². The third-order valence-electron chi connectivity index (χ3n) is 4.09. The lowest BCUT2D eigenvalue weighted by Crippen LogP contribution is -2.34. The minimum Gasteiger partial charge on any atom is -0.378 e. The second kappa shape index (κ2) is 7.54. The van der Waals surface area contributed by atoms with Gasteiger partial charge in [-0.1, -0.05) is 13.8 Å². The third-order valence-corrected chi connectivity index (χ3v) is 5.25. The van der Waals surface area contributed by atoms with Gasteiger partial charge >= 0.3 is 0 Å². The highest BCUT2D eigenvalue weighted by molar-refractivity contribution is 7.15. The number of methoxy groups -OCH3 is 1. The Labute approximate surface area is 132 Å². The van der Waals surface area contributed by atoms with Crippen LogP contribution in [0.3, 0.4) is 0 Å². The molecule has 0 saturated carbocycles. The lowest BCUT2D eigenvalue weighted by Gasteiger charge is -2.22. The number of anilines is 1. The molecule has 5 nitrogen and oxygen atoms in total. The van der Waals surface area contributed by atoms with E-state index >= 15 is 0 Å². The zero-order chi connectivity index (χ0) is 15.4. The molecule has 1 fully saturated rings. The number of hydrogen-bond donors (Lipinski definition) is 1. The van der Waals surface area contributed by atoms with Gasteiger partial charge in [-0.3, -0.25) is 0 Å². The molecule has 21 heavy (non-hydrogen) atoms. The van der Waals surface area contributed by atoms with Crippen LogP contribution in [0.1, 0.15) is 24.4 Å². The molecule has 0 radical (unpaired) electrons. The highest BCUT2D eigenvalue weighted by Crippen LogP contribution is 2.32. The summed E-state index contributed by atoms with van der Waals surface area (Å²) in [5.74, 6) is 0.673. The highest BCUT2D eigenvalue weighted by Gasteiger charge is 2.32. The second-order valence-electron chi connectivity index (χ2n) is 5.99. The van der Waals surface area contributed by atoms with Gasteiger partial charge in [-0.25, -0.2) is 4.98 Å². The van der Waals surface area contributed by atoms with Gasteiger partial charge < -0.3 is 19.9 Å². The van der Waals surface area contributed by atoms with Gasteiger partial charge in [0.05, 0.1) is 12.3 Å². The van der Waals surface area contributed by atoms with Crippen LogP contribution in [0.4, 0.5) is 5.13 Å². The Bertz CT molecular complexity index is 449. The number of ether oxygens (including phenoxy) is 1. The quantitative estimate of drug-likeness (QED) is 0.831. The molecule has 2 heterocycles. The molecule has 120 valence electrons. The monoisotopic (exact) mass is 312 g/mol. The molecule has 1 aliphatic heterocycles. The molecular weight excluding hydrogens is 284 g/mol. The first-order valence-corrected chi connectivity index (χ1v) is 8.48. The first-order valence-electron chi connectivity index (χ1n) is 7.66. The molecular formula is C15H28N4OS. The molecule has 2 atom stereocenters. The van der Waals surface area contributed by atoms with Crippen LogP contribution in [0.5, 0.6) is 0 Å². The SMILES string of the molecule is CCNCc1sc(N2CC(C)C(N(C)C)C2)nc1COC. The summed E-state index contributed by atoms with van der Waals surface area (Å²) in [4.78, 5) is 10.9. The molecule has 6 heteroatoms. The van der Waals surface area contributed by atoms with Crippen LogP contribution in [-0.4, -0.2) is 56.8 Å². The van der Waals surface area contributed by atoms with E-state index in [0.29, 0.717) is 18.6 Å². The molecule has 1 aromatic heterocycles. The number of nitrogens with one attached hydrogen (secondary N) is 1. The largest absolute Gasteiger partial charge is 0.378 e. The zero-order valence-electron chi connectivity index (χ0n) is 13.8. The molecule has 1 aromatic rings. The third kappa shape index (κ3) is 3.94. The van der Waals surface area contributed by atoms with Crippen molar-refractivity contribution in [2.24, 2.45) is 5.92 Å². The number of rotatable bonds is 7. The van der Waals surface area contributed by atoms with Crippen molar-refractivity contribution in [2.45, 2.75) is 33.0 Å². The number of likely N-dealkylation sites (N-methyl/N-ethyl adjacent to an activating group) is 1. The van der Waals surface area contributed by atoms with Crippen molar-refractivity contribution in [1.82, 2.24) is 15.2 Å². The summed E-state index contributed by atoms with van der Waals surface area (Å²) in [5.41, 5.74) is 1.08. The lowest BCUT2D eigenvalue weighted by molar-refractivity contribution is 0.181. The summed E-state index contributed by atoms with van der Waals surface area (Å²) >= 11 is 1.81. The Hall–Kier alpha value is -0.690. The second-order valence-corrected chi connectivity index (χ2v) is 7.05. The standard InChI is InChI=1S/C15H28N4OS/c1-6-16-7-14-12(10-20-5)17-15(21-14)19-8-11(2)13(9-19)18(3)4/h11,13,16H,6-10H2,1-5H3. The molecule has 0 aliphatic carbocycles. The number of aromatic nitrogens is 1. The smallest absolute Gasteiger partial charge is 0.185 e. The van der Waals surface area contributed by atoms with E-state index in [1.54, 1.807) is 18.4 Å². The lowest BCUT2D eigenvalue weighted by atomic mass is 10.1. The van der Waals surface area contributed by atoms with Crippen LogP contribution in [-0.2, 0) is 17.9 Å². The van der Waals surface area contributed by atoms with Gasteiger partial charge in [0.1, 0.15) is 0 Å². The molecule has 2 unspecified atom stereocenters. The summed E-state index contributed by atoms with van der Waals surface area (Å²) in [6.45, 7) is 9.06. The normalized spacial score (nSPS) is 22.5. The van der Waals surface area contributed by atoms with E-state index in [4.69, 9.17) is 9.72 Å². The van der Waals surface area contributed by atoms with Gasteiger partial charge in [0.25, 0.3) is 0 Å². The van der Waals surface area contributed by atoms with E-state index in [9.17, 15) is 0 Å². The maximum atomic E-state index is 5.29. The Morgan fingerprint density at radius 1 is 1.43 bits per heavy atom. The van der Waals surface area contributed by atoms with Crippen LogP contribution >= 0.6 is 11.3 Å². The Morgan fingerprint density at radius 2 is 2.19 bits per heavy atom. The average molecular weight is 312 g/mol. The molecule has 1 aliphatic rings. The fourth-order valence-electron chi connectivity index (χ4n) is 2.91. The minimum atomic E-state index is 0.595. The minimum absolute atomic E-state index is 0.595. The number of hydrogen-bond acceptors (Lipinski definition) is 6. The predicted octanol–water partition coefficient (Wildman–Crippen LogP) is 1.79. The van der Waals surface area contributed by atoms with E-state index in [1.165, 1.54) is 4.88 Å². The van der Waals surface area contributed by atoms with Crippen molar-refractivity contribution in [3.05, 3.63) is 10.6 Å². The Kier molecular flexibility index (Phi) is 5.98. The summed E-state index contributed by atoms with van der Waals surface area (Å²) in [5, 5.41) is 4.54. The van der Waals surface area contributed by atoms with E-state index in [2.05, 4.69) is 43.1 Å². The zero-order valence-corrected chi connectivity index (χ0v) is 14.7. The van der Waals surface area contributed by atoms with Crippen LogP contribution in [0, 0.1) is 5.92 Å². The van der Waals surface area contributed by atoms with Gasteiger partial charge in [0.15, 0.2) is 5.13 Å². The molecule has 2 rings (SSSR count). The van der Waals surface area contributed by atoms with Crippen molar-refractivity contribution >= 4 is 16.5 Å². The van der Waals surface area contributed by atoms with Crippen molar-refractivity contribution in [3.8, 4) is 0 Å². The van der Waals surface area contributed by atoms with E-state index < -0.39 is 0 Å². The molecule has 0 aromatic carbocycles. The van der Waals surface area contributed by atoms with Gasteiger partial charge in [0, 0.05) is 37.7 Å². The van der Waals surface area contributed by atoms with Crippen molar-refractivity contribution in [3.63, 3.8) is 0 Å². The maximum absolute atomic E-state index is 5.29. The van der Waals surface area contributed by atoms with Crippen LogP contribution < -0.4 is 10.2 Å². The van der Waals surface area contributed by atoms with Crippen LogP contribution in [0.15, 0.2) is 0 Å². The predicted molar refractivity (Wildman–Crippen MR) is 89.1 cm³/mol. The molecule has 1 saturated heterocycles. The van der Waals surface area contributed by atoms with E-state index in [1.807, 2.05) is 0 Å². The van der Waals surface area contributed by atoms with Gasteiger partial charge in [0.2, 0.25) is 0 Å². The first-order chi connectivity index (χ1) is 10.1. The van der Waals surface area contributed by atoms with E-state index in [0.717, 1.165) is 37.0 Å². The van der Waals surface area contributed by atoms with Gasteiger partial charge in [-0.15, -0.1) is 11.3 Å². The molecule has 1 N–H and O–H groups in total. The average Bonchev–Trinajstić information content (AvgIpc) is 3.01. The Balaban J connectivity index is 2.13.